The molecule has 7 heteroatoms. The highest BCUT2D eigenvalue weighted by molar-refractivity contribution is 5.91. The largest absolute Gasteiger partial charge is 0.459 e. The second-order valence-corrected chi connectivity index (χ2v) is 4.01. The molecule has 0 fully saturated rings. The lowest BCUT2D eigenvalue weighted by atomic mass is 10.4. The Hall–Kier alpha value is -2.02. The van der Waals surface area contributed by atoms with E-state index in [-0.39, 0.29) is 5.91 Å². The van der Waals surface area contributed by atoms with Crippen LogP contribution in [0.25, 0.3) is 0 Å². The summed E-state index contributed by atoms with van der Waals surface area (Å²) < 4.78 is 9.95. The Morgan fingerprint density at radius 1 is 1.30 bits per heavy atom. The fourth-order valence-corrected chi connectivity index (χ4v) is 1.50. The zero-order valence-corrected chi connectivity index (χ0v) is 11.9. The van der Waals surface area contributed by atoms with Crippen LogP contribution in [0.4, 0.5) is 0 Å². The first-order valence-corrected chi connectivity index (χ1v) is 6.53. The van der Waals surface area contributed by atoms with E-state index in [1.807, 2.05) is 0 Å². The number of nitrogens with zero attached hydrogens (tertiary/aromatic N) is 1. The van der Waals surface area contributed by atoms with E-state index in [0.29, 0.717) is 31.4 Å². The highest BCUT2D eigenvalue weighted by Crippen LogP contribution is 1.98. The number of rotatable bonds is 8. The standard InChI is InChI=1S/C13H22N4O3/c1-14-13(16-6-4-9-19-2)17-8-7-15-12(18)11-5-3-10-20-11/h3,5,10H,4,6-9H2,1-2H3,(H,15,18)(H2,14,16,17). The van der Waals surface area contributed by atoms with E-state index >= 15 is 0 Å². The van der Waals surface area contributed by atoms with E-state index < -0.39 is 0 Å². The van der Waals surface area contributed by atoms with Gasteiger partial charge in [-0.25, -0.2) is 0 Å². The van der Waals surface area contributed by atoms with E-state index in [9.17, 15) is 4.79 Å². The average Bonchev–Trinajstić information content (AvgIpc) is 2.99. The number of hydrogen-bond acceptors (Lipinski definition) is 4. The molecule has 0 aliphatic rings. The minimum absolute atomic E-state index is 0.222. The van der Waals surface area contributed by atoms with Crippen LogP contribution in [-0.2, 0) is 4.74 Å². The van der Waals surface area contributed by atoms with Crippen molar-refractivity contribution < 1.29 is 13.9 Å². The Morgan fingerprint density at radius 3 is 2.70 bits per heavy atom. The van der Waals surface area contributed by atoms with E-state index in [0.717, 1.165) is 13.0 Å². The number of aliphatic imine (C=N–C) groups is 1. The lowest BCUT2D eigenvalue weighted by molar-refractivity contribution is 0.0926. The van der Waals surface area contributed by atoms with Crippen molar-refractivity contribution >= 4 is 11.9 Å². The molecule has 1 heterocycles. The number of methoxy groups -OCH3 is 1. The van der Waals surface area contributed by atoms with Crippen molar-refractivity contribution in [3.8, 4) is 0 Å². The van der Waals surface area contributed by atoms with Crippen LogP contribution in [0.3, 0.4) is 0 Å². The number of nitrogens with one attached hydrogen (secondary N) is 3. The molecule has 0 atom stereocenters. The summed E-state index contributed by atoms with van der Waals surface area (Å²) in [6, 6.07) is 3.30. The molecule has 0 saturated carbocycles. The molecular weight excluding hydrogens is 260 g/mol. The van der Waals surface area contributed by atoms with Crippen LogP contribution in [-0.4, -0.2) is 52.3 Å². The molecule has 112 valence electrons. The first-order chi connectivity index (χ1) is 9.77. The number of carbonyl (C=O) groups excluding carboxylic acids is 1. The highest BCUT2D eigenvalue weighted by Gasteiger charge is 2.06. The quantitative estimate of drug-likeness (QED) is 0.360. The van der Waals surface area contributed by atoms with Gasteiger partial charge in [0.15, 0.2) is 11.7 Å². The molecule has 1 aromatic heterocycles. The summed E-state index contributed by atoms with van der Waals surface area (Å²) >= 11 is 0. The molecule has 0 saturated heterocycles. The maximum Gasteiger partial charge on any atom is 0.287 e. The molecular formula is C13H22N4O3. The van der Waals surface area contributed by atoms with Gasteiger partial charge in [0.1, 0.15) is 0 Å². The fraction of sp³-hybridized carbons (Fsp3) is 0.538. The number of carbonyl (C=O) groups is 1. The number of guanidine groups is 1. The van der Waals surface area contributed by atoms with Crippen molar-refractivity contribution in [2.45, 2.75) is 6.42 Å². The first-order valence-electron chi connectivity index (χ1n) is 6.53. The molecule has 7 nitrogen and oxygen atoms in total. The van der Waals surface area contributed by atoms with E-state index in [1.165, 1.54) is 6.26 Å². The minimum atomic E-state index is -0.222. The molecule has 0 radical (unpaired) electrons. The lowest BCUT2D eigenvalue weighted by Gasteiger charge is -2.11. The maximum absolute atomic E-state index is 11.6. The van der Waals surface area contributed by atoms with Gasteiger partial charge in [-0.15, -0.1) is 0 Å². The number of hydrogen-bond donors (Lipinski definition) is 3. The molecule has 1 amide bonds. The summed E-state index contributed by atoms with van der Waals surface area (Å²) in [5.74, 6) is 0.792. The van der Waals surface area contributed by atoms with Gasteiger partial charge in [0.2, 0.25) is 0 Å². The number of ether oxygens (including phenoxy) is 1. The Morgan fingerprint density at radius 2 is 2.05 bits per heavy atom. The maximum atomic E-state index is 11.6. The summed E-state index contributed by atoms with van der Waals surface area (Å²) in [4.78, 5) is 15.6. The van der Waals surface area contributed by atoms with E-state index in [1.54, 1.807) is 26.3 Å². The third kappa shape index (κ3) is 6.24. The molecule has 1 aromatic rings. The smallest absolute Gasteiger partial charge is 0.287 e. The van der Waals surface area contributed by atoms with Crippen molar-refractivity contribution in [3.05, 3.63) is 24.2 Å². The van der Waals surface area contributed by atoms with Crippen LogP contribution < -0.4 is 16.0 Å². The van der Waals surface area contributed by atoms with Crippen molar-refractivity contribution in [2.24, 2.45) is 4.99 Å². The molecule has 0 unspecified atom stereocenters. The van der Waals surface area contributed by atoms with Crippen molar-refractivity contribution in [1.29, 1.82) is 0 Å². The second-order valence-electron chi connectivity index (χ2n) is 4.01. The van der Waals surface area contributed by atoms with Crippen LogP contribution >= 0.6 is 0 Å². The molecule has 0 aliphatic heterocycles. The predicted octanol–water partition coefficient (Wildman–Crippen LogP) is 0.211. The number of furan rings is 1. The van der Waals surface area contributed by atoms with Gasteiger partial charge < -0.3 is 25.1 Å². The Bertz CT molecular complexity index is 404. The molecule has 3 N–H and O–H groups in total. The number of amides is 1. The summed E-state index contributed by atoms with van der Waals surface area (Å²) in [5.41, 5.74) is 0. The van der Waals surface area contributed by atoms with Gasteiger partial charge in [-0.2, -0.15) is 0 Å². The summed E-state index contributed by atoms with van der Waals surface area (Å²) in [5, 5.41) is 8.99. The summed E-state index contributed by atoms with van der Waals surface area (Å²) in [7, 11) is 3.38. The molecule has 20 heavy (non-hydrogen) atoms. The second kappa shape index (κ2) is 9.85. The van der Waals surface area contributed by atoms with Crippen molar-refractivity contribution in [2.75, 3.05) is 40.4 Å². The fourth-order valence-electron chi connectivity index (χ4n) is 1.50. The monoisotopic (exact) mass is 282 g/mol. The lowest BCUT2D eigenvalue weighted by Crippen LogP contribution is -2.41. The van der Waals surface area contributed by atoms with Crippen LogP contribution in [0, 0.1) is 0 Å². The van der Waals surface area contributed by atoms with Gasteiger partial charge in [-0.3, -0.25) is 9.79 Å². The average molecular weight is 282 g/mol. The Kier molecular flexibility index (Phi) is 7.90. The zero-order chi connectivity index (χ0) is 14.6. The summed E-state index contributed by atoms with van der Waals surface area (Å²) in [6.07, 6.45) is 2.38. The van der Waals surface area contributed by atoms with Crippen LogP contribution in [0.1, 0.15) is 17.0 Å². The van der Waals surface area contributed by atoms with Crippen LogP contribution in [0.15, 0.2) is 27.8 Å². The van der Waals surface area contributed by atoms with Gasteiger partial charge in [0, 0.05) is 40.4 Å². The topological polar surface area (TPSA) is 87.9 Å². The van der Waals surface area contributed by atoms with Gasteiger partial charge in [-0.1, -0.05) is 0 Å². The molecule has 0 aromatic carbocycles. The SMILES string of the molecule is CN=C(NCCCOC)NCCNC(=O)c1ccco1. The normalized spacial score (nSPS) is 11.2. The van der Waals surface area contributed by atoms with Gasteiger partial charge in [0.05, 0.1) is 6.26 Å². The molecule has 0 bridgehead atoms. The Labute approximate surface area is 118 Å². The predicted molar refractivity (Wildman–Crippen MR) is 76.9 cm³/mol. The molecule has 1 rings (SSSR count). The zero-order valence-electron chi connectivity index (χ0n) is 11.9. The van der Waals surface area contributed by atoms with E-state index in [4.69, 9.17) is 9.15 Å². The van der Waals surface area contributed by atoms with E-state index in [2.05, 4.69) is 20.9 Å². The van der Waals surface area contributed by atoms with Crippen molar-refractivity contribution in [3.63, 3.8) is 0 Å². The molecule has 0 spiro atoms. The Balaban J connectivity index is 2.11. The van der Waals surface area contributed by atoms with Crippen LogP contribution in [0.5, 0.6) is 0 Å². The van der Waals surface area contributed by atoms with Gasteiger partial charge in [-0.05, 0) is 18.6 Å². The first kappa shape index (κ1) is 16.0. The van der Waals surface area contributed by atoms with Gasteiger partial charge in [0.25, 0.3) is 5.91 Å². The van der Waals surface area contributed by atoms with Crippen molar-refractivity contribution in [1.82, 2.24) is 16.0 Å². The van der Waals surface area contributed by atoms with Gasteiger partial charge >= 0.3 is 0 Å². The highest BCUT2D eigenvalue weighted by atomic mass is 16.5. The van der Waals surface area contributed by atoms with Crippen LogP contribution in [0.2, 0.25) is 0 Å². The third-order valence-electron chi connectivity index (χ3n) is 2.49. The molecule has 0 aliphatic carbocycles. The third-order valence-corrected chi connectivity index (χ3v) is 2.49. The minimum Gasteiger partial charge on any atom is -0.459 e. The summed E-state index contributed by atoms with van der Waals surface area (Å²) in [6.45, 7) is 2.56.